The van der Waals surface area contributed by atoms with Gasteiger partial charge in [-0.2, -0.15) is 0 Å². The number of rotatable bonds is 6. The highest BCUT2D eigenvalue weighted by atomic mass is 32.2. The molecule has 2 aromatic carbocycles. The standard InChI is InChI=1S/C18H24N2O3S/c1-13-5-4-6-14(2)18(13)23-12-15(3)20-24(21,22)17-9-7-16(11-19)8-10-17/h4-10,15H,11-12,19H2,1-3H3,(H,20,21,22). The van der Waals surface area contributed by atoms with Gasteiger partial charge < -0.3 is 10.5 Å². The van der Waals surface area contributed by atoms with Crippen molar-refractivity contribution in [2.75, 3.05) is 6.61 Å². The zero-order chi connectivity index (χ0) is 17.7. The Morgan fingerprint density at radius 3 is 2.29 bits per heavy atom. The number of aryl methyl sites for hydroxylation is 2. The lowest BCUT2D eigenvalue weighted by Gasteiger charge is -2.14. The third-order valence-corrected chi connectivity index (χ3v) is 5.20. The predicted molar refractivity (Wildman–Crippen MR) is 96.7 cm³/mol. The van der Waals surface area contributed by atoms with Crippen LogP contribution in [0.25, 0.3) is 0 Å². The average molecular weight is 348 g/mol. The molecule has 5 nitrogen and oxygen atoms in total. The molecule has 0 fully saturated rings. The number of hydrogen-bond donors (Lipinski definition) is 2. The SMILES string of the molecule is Cc1cccc(C)c1OCC(C)N=S(=O)(O)c1ccc(CN)cc1. The largest absolute Gasteiger partial charge is 0.491 e. The summed E-state index contributed by atoms with van der Waals surface area (Å²) in [6, 6.07) is 12.1. The van der Waals surface area contributed by atoms with E-state index in [4.69, 9.17) is 10.5 Å². The van der Waals surface area contributed by atoms with E-state index in [1.807, 2.05) is 32.0 Å². The number of para-hydroxylation sites is 1. The summed E-state index contributed by atoms with van der Waals surface area (Å²) in [5.41, 5.74) is 8.50. The molecule has 2 unspecified atom stereocenters. The minimum absolute atomic E-state index is 0.240. The quantitative estimate of drug-likeness (QED) is 0.836. The molecule has 0 bridgehead atoms. The van der Waals surface area contributed by atoms with E-state index >= 15 is 0 Å². The number of nitrogens with zero attached hydrogens (tertiary/aromatic N) is 1. The number of ether oxygens (including phenoxy) is 1. The fourth-order valence-corrected chi connectivity index (χ4v) is 3.53. The zero-order valence-electron chi connectivity index (χ0n) is 14.2. The maximum absolute atomic E-state index is 12.4. The molecule has 0 aliphatic carbocycles. The van der Waals surface area contributed by atoms with Gasteiger partial charge in [0, 0.05) is 6.54 Å². The second-order valence-corrected chi connectivity index (χ2v) is 7.51. The van der Waals surface area contributed by atoms with Crippen LogP contribution < -0.4 is 10.5 Å². The van der Waals surface area contributed by atoms with Gasteiger partial charge >= 0.3 is 0 Å². The van der Waals surface area contributed by atoms with Crippen LogP contribution in [-0.2, 0) is 16.6 Å². The third-order valence-electron chi connectivity index (χ3n) is 3.67. The number of nitrogens with two attached hydrogens (primary N) is 1. The van der Waals surface area contributed by atoms with Gasteiger partial charge in [0.2, 0.25) is 0 Å². The molecule has 0 radical (unpaired) electrons. The minimum Gasteiger partial charge on any atom is -0.491 e. The summed E-state index contributed by atoms with van der Waals surface area (Å²) in [6.45, 7) is 6.34. The Labute approximate surface area is 143 Å². The Morgan fingerprint density at radius 2 is 1.75 bits per heavy atom. The van der Waals surface area contributed by atoms with Gasteiger partial charge in [-0.3, -0.25) is 4.55 Å². The Balaban J connectivity index is 2.12. The van der Waals surface area contributed by atoms with Crippen molar-refractivity contribution in [2.45, 2.75) is 38.3 Å². The Morgan fingerprint density at radius 1 is 1.17 bits per heavy atom. The molecular weight excluding hydrogens is 324 g/mol. The second-order valence-electron chi connectivity index (χ2n) is 5.83. The molecule has 0 aliphatic rings. The molecule has 2 aromatic rings. The number of hydrogen-bond acceptors (Lipinski definition) is 4. The Kier molecular flexibility index (Phi) is 5.99. The first-order valence-corrected chi connectivity index (χ1v) is 9.27. The highest BCUT2D eigenvalue weighted by Crippen LogP contribution is 2.23. The van der Waals surface area contributed by atoms with Crippen LogP contribution in [0.4, 0.5) is 0 Å². The molecule has 130 valence electrons. The van der Waals surface area contributed by atoms with Crippen LogP contribution in [0.5, 0.6) is 5.75 Å². The van der Waals surface area contributed by atoms with Crippen LogP contribution in [0.3, 0.4) is 0 Å². The highest BCUT2D eigenvalue weighted by molar-refractivity contribution is 7.88. The first kappa shape index (κ1) is 18.4. The van der Waals surface area contributed by atoms with E-state index in [9.17, 15) is 8.76 Å². The smallest absolute Gasteiger partial charge is 0.191 e. The first-order valence-electron chi connectivity index (χ1n) is 7.80. The van der Waals surface area contributed by atoms with Crippen LogP contribution in [0, 0.1) is 13.8 Å². The summed E-state index contributed by atoms with van der Waals surface area (Å²) >= 11 is 0. The predicted octanol–water partition coefficient (Wildman–Crippen LogP) is 3.53. The maximum Gasteiger partial charge on any atom is 0.191 e. The van der Waals surface area contributed by atoms with E-state index in [2.05, 4.69) is 4.36 Å². The molecular formula is C18H24N2O3S. The fourth-order valence-electron chi connectivity index (χ4n) is 2.37. The maximum atomic E-state index is 12.4. The Bertz CT molecular complexity index is 789. The lowest BCUT2D eigenvalue weighted by molar-refractivity contribution is 0.293. The van der Waals surface area contributed by atoms with Crippen LogP contribution >= 0.6 is 0 Å². The van der Waals surface area contributed by atoms with Crippen molar-refractivity contribution in [3.05, 3.63) is 59.2 Å². The van der Waals surface area contributed by atoms with Gasteiger partial charge in [-0.1, -0.05) is 30.3 Å². The summed E-state index contributed by atoms with van der Waals surface area (Å²) in [5.74, 6) is 0.802. The van der Waals surface area contributed by atoms with Crippen LogP contribution in [0.15, 0.2) is 51.7 Å². The lowest BCUT2D eigenvalue weighted by atomic mass is 10.1. The van der Waals surface area contributed by atoms with Crippen molar-refractivity contribution in [3.63, 3.8) is 0 Å². The van der Waals surface area contributed by atoms with Crippen LogP contribution in [-0.4, -0.2) is 21.4 Å². The molecule has 24 heavy (non-hydrogen) atoms. The van der Waals surface area contributed by atoms with E-state index in [0.29, 0.717) is 6.54 Å². The summed E-state index contributed by atoms with van der Waals surface area (Å²) in [5, 5.41) is 0. The minimum atomic E-state index is -3.45. The van der Waals surface area contributed by atoms with Gasteiger partial charge in [0.1, 0.15) is 12.4 Å². The Hall–Kier alpha value is -1.89. The van der Waals surface area contributed by atoms with Gasteiger partial charge in [-0.15, -0.1) is 0 Å². The van der Waals surface area contributed by atoms with Gasteiger partial charge in [-0.05, 0) is 49.6 Å². The van der Waals surface area contributed by atoms with Crippen molar-refractivity contribution < 1.29 is 13.5 Å². The fraction of sp³-hybridized carbons (Fsp3) is 0.333. The normalized spacial score (nSPS) is 14.7. The highest BCUT2D eigenvalue weighted by Gasteiger charge is 2.12. The van der Waals surface area contributed by atoms with E-state index in [1.54, 1.807) is 31.2 Å². The summed E-state index contributed by atoms with van der Waals surface area (Å²) < 4.78 is 32.5. The average Bonchev–Trinajstić information content (AvgIpc) is 2.54. The molecule has 0 amide bonds. The molecule has 3 N–H and O–H groups in total. The molecule has 2 atom stereocenters. The molecule has 2 rings (SSSR count). The molecule has 0 heterocycles. The third kappa shape index (κ3) is 4.56. The van der Waals surface area contributed by atoms with E-state index < -0.39 is 16.1 Å². The van der Waals surface area contributed by atoms with Gasteiger partial charge in [0.25, 0.3) is 0 Å². The zero-order valence-corrected chi connectivity index (χ0v) is 15.0. The van der Waals surface area contributed by atoms with Crippen molar-refractivity contribution in [1.29, 1.82) is 0 Å². The lowest BCUT2D eigenvalue weighted by Crippen LogP contribution is -2.15. The monoisotopic (exact) mass is 348 g/mol. The molecule has 0 saturated heterocycles. The topological polar surface area (TPSA) is 84.9 Å². The molecule has 0 aliphatic heterocycles. The molecule has 0 saturated carbocycles. The van der Waals surface area contributed by atoms with Crippen molar-refractivity contribution >= 4 is 10.0 Å². The van der Waals surface area contributed by atoms with Crippen molar-refractivity contribution in [3.8, 4) is 5.75 Å². The first-order chi connectivity index (χ1) is 11.3. The van der Waals surface area contributed by atoms with Gasteiger partial charge in [0.15, 0.2) is 10.0 Å². The van der Waals surface area contributed by atoms with Crippen molar-refractivity contribution in [1.82, 2.24) is 0 Å². The van der Waals surface area contributed by atoms with E-state index in [-0.39, 0.29) is 11.5 Å². The van der Waals surface area contributed by atoms with Gasteiger partial charge in [-0.25, -0.2) is 8.57 Å². The summed E-state index contributed by atoms with van der Waals surface area (Å²) in [6.07, 6.45) is 0. The van der Waals surface area contributed by atoms with Crippen LogP contribution in [0.2, 0.25) is 0 Å². The second kappa shape index (κ2) is 7.79. The number of benzene rings is 2. The molecule has 6 heteroatoms. The van der Waals surface area contributed by atoms with Crippen LogP contribution in [0.1, 0.15) is 23.6 Å². The summed E-state index contributed by atoms with van der Waals surface area (Å²) in [7, 11) is -3.45. The molecule has 0 aromatic heterocycles. The van der Waals surface area contributed by atoms with Gasteiger partial charge in [0.05, 0.1) is 10.9 Å². The summed E-state index contributed by atoms with van der Waals surface area (Å²) in [4.78, 5) is 0.277. The van der Waals surface area contributed by atoms with E-state index in [0.717, 1.165) is 22.4 Å². The van der Waals surface area contributed by atoms with E-state index in [1.165, 1.54) is 0 Å². The molecule has 0 spiro atoms. The van der Waals surface area contributed by atoms with Crippen molar-refractivity contribution in [2.24, 2.45) is 10.1 Å².